The van der Waals surface area contributed by atoms with Gasteiger partial charge in [-0.1, -0.05) is 18.9 Å². The number of amides is 4. The molecule has 0 atom stereocenters. The standard InChI is InChI=1S/C24H25F4N5O4/c25-19-12-16(22(35)30-10-4-2-1-3-5-21(34)33-37)8-9-20(19)32-23(36)31-14-17-7-6-15(13-29)11-18(17)24(26,27)28/h6-9,11-12,37H,1-5,10,14H2,(H,30,35)(H,33,34)(H2,31,32,36). The minimum atomic E-state index is -4.73. The highest BCUT2D eigenvalue weighted by atomic mass is 19.4. The van der Waals surface area contributed by atoms with Gasteiger partial charge in [0.15, 0.2) is 0 Å². The maximum Gasteiger partial charge on any atom is 0.416 e. The summed E-state index contributed by atoms with van der Waals surface area (Å²) in [6.07, 6.45) is -1.86. The van der Waals surface area contributed by atoms with Gasteiger partial charge >= 0.3 is 12.2 Å². The molecule has 0 unspecified atom stereocenters. The fraction of sp³-hybridized carbons (Fsp3) is 0.333. The van der Waals surface area contributed by atoms with E-state index in [0.717, 1.165) is 31.0 Å². The molecule has 0 aliphatic heterocycles. The average molecular weight is 523 g/mol. The van der Waals surface area contributed by atoms with Crippen LogP contribution in [-0.2, 0) is 17.5 Å². The Morgan fingerprint density at radius 2 is 1.70 bits per heavy atom. The molecule has 0 aliphatic carbocycles. The molecule has 2 aromatic rings. The normalized spacial score (nSPS) is 10.8. The first kappa shape index (κ1) is 29.1. The number of nitrogens with one attached hydrogen (secondary N) is 4. The number of hydrogen-bond acceptors (Lipinski definition) is 5. The van der Waals surface area contributed by atoms with E-state index in [9.17, 15) is 31.9 Å². The number of unbranched alkanes of at least 4 members (excludes halogenated alkanes) is 3. The van der Waals surface area contributed by atoms with Gasteiger partial charge in [-0.3, -0.25) is 14.8 Å². The number of nitrogens with zero attached hydrogens (tertiary/aromatic N) is 1. The number of carbonyl (C=O) groups excluding carboxylic acids is 3. The van der Waals surface area contributed by atoms with E-state index in [0.29, 0.717) is 25.5 Å². The lowest BCUT2D eigenvalue weighted by atomic mass is 10.0. The Hall–Kier alpha value is -4.18. The van der Waals surface area contributed by atoms with Crippen LogP contribution >= 0.6 is 0 Å². The number of nitriles is 1. The van der Waals surface area contributed by atoms with Gasteiger partial charge < -0.3 is 16.0 Å². The fourth-order valence-corrected chi connectivity index (χ4v) is 3.29. The predicted octanol–water partition coefficient (Wildman–Crippen LogP) is 4.22. The largest absolute Gasteiger partial charge is 0.416 e. The lowest BCUT2D eigenvalue weighted by Gasteiger charge is -2.14. The van der Waals surface area contributed by atoms with Gasteiger partial charge in [0.05, 0.1) is 22.9 Å². The zero-order chi connectivity index (χ0) is 27.4. The third kappa shape index (κ3) is 9.42. The van der Waals surface area contributed by atoms with Gasteiger partial charge in [-0.05, 0) is 48.7 Å². The van der Waals surface area contributed by atoms with Crippen molar-refractivity contribution < 1.29 is 37.2 Å². The number of hydrogen-bond donors (Lipinski definition) is 5. The van der Waals surface area contributed by atoms with Crippen LogP contribution in [0.5, 0.6) is 0 Å². The Kier molecular flexibility index (Phi) is 10.8. The maximum atomic E-state index is 14.4. The van der Waals surface area contributed by atoms with E-state index < -0.39 is 41.9 Å². The number of alkyl halides is 3. The van der Waals surface area contributed by atoms with Crippen LogP contribution in [0, 0.1) is 17.1 Å². The van der Waals surface area contributed by atoms with Gasteiger partial charge in [-0.15, -0.1) is 0 Å². The molecule has 198 valence electrons. The summed E-state index contributed by atoms with van der Waals surface area (Å²) in [7, 11) is 0. The number of anilines is 1. The molecule has 0 saturated carbocycles. The van der Waals surface area contributed by atoms with E-state index in [1.807, 2.05) is 0 Å². The van der Waals surface area contributed by atoms with Gasteiger partial charge in [-0.25, -0.2) is 14.7 Å². The van der Waals surface area contributed by atoms with Crippen molar-refractivity contribution >= 4 is 23.5 Å². The first-order valence-electron chi connectivity index (χ1n) is 11.2. The molecule has 9 nitrogen and oxygen atoms in total. The number of carbonyl (C=O) groups is 3. The molecular formula is C24H25F4N5O4. The van der Waals surface area contributed by atoms with E-state index in [4.69, 9.17) is 10.5 Å². The zero-order valence-electron chi connectivity index (χ0n) is 19.5. The van der Waals surface area contributed by atoms with E-state index in [-0.39, 0.29) is 28.8 Å². The smallest absolute Gasteiger partial charge is 0.352 e. The number of halogens is 4. The van der Waals surface area contributed by atoms with Crippen LogP contribution in [0.1, 0.15) is 59.2 Å². The predicted molar refractivity (Wildman–Crippen MR) is 124 cm³/mol. The highest BCUT2D eigenvalue weighted by molar-refractivity contribution is 5.95. The first-order valence-corrected chi connectivity index (χ1v) is 11.2. The second kappa shape index (κ2) is 13.8. The molecule has 0 aliphatic rings. The Bertz CT molecular complexity index is 1160. The van der Waals surface area contributed by atoms with Crippen molar-refractivity contribution in [3.05, 3.63) is 64.5 Å². The summed E-state index contributed by atoms with van der Waals surface area (Å²) < 4.78 is 54.1. The molecule has 5 N–H and O–H groups in total. The van der Waals surface area contributed by atoms with Crippen LogP contribution in [0.25, 0.3) is 0 Å². The third-order valence-corrected chi connectivity index (χ3v) is 5.20. The van der Waals surface area contributed by atoms with Crippen LogP contribution in [-0.4, -0.2) is 29.6 Å². The summed E-state index contributed by atoms with van der Waals surface area (Å²) in [6.45, 7) is -0.201. The van der Waals surface area contributed by atoms with E-state index in [1.165, 1.54) is 12.1 Å². The van der Waals surface area contributed by atoms with Crippen molar-refractivity contribution in [3.63, 3.8) is 0 Å². The van der Waals surface area contributed by atoms with Gasteiger partial charge in [0, 0.05) is 25.1 Å². The van der Waals surface area contributed by atoms with Crippen molar-refractivity contribution in [2.75, 3.05) is 11.9 Å². The highest BCUT2D eigenvalue weighted by Crippen LogP contribution is 2.32. The van der Waals surface area contributed by atoms with Crippen molar-refractivity contribution in [3.8, 4) is 6.07 Å². The Morgan fingerprint density at radius 3 is 2.35 bits per heavy atom. The van der Waals surface area contributed by atoms with Crippen LogP contribution in [0.4, 0.5) is 28.0 Å². The summed E-state index contributed by atoms with van der Waals surface area (Å²) in [5, 5.41) is 24.2. The molecule has 0 radical (unpaired) electrons. The molecule has 0 bridgehead atoms. The van der Waals surface area contributed by atoms with Crippen LogP contribution in [0.15, 0.2) is 36.4 Å². The van der Waals surface area contributed by atoms with E-state index in [2.05, 4.69) is 16.0 Å². The molecule has 0 fully saturated rings. The third-order valence-electron chi connectivity index (χ3n) is 5.20. The SMILES string of the molecule is N#Cc1ccc(CNC(=O)Nc2ccc(C(=O)NCCCCCCC(=O)NO)cc2F)c(C(F)(F)F)c1. The number of hydroxylamine groups is 1. The second-order valence-electron chi connectivity index (χ2n) is 7.94. The molecule has 0 spiro atoms. The van der Waals surface area contributed by atoms with Crippen molar-refractivity contribution in [2.24, 2.45) is 0 Å². The Morgan fingerprint density at radius 1 is 0.973 bits per heavy atom. The quantitative estimate of drug-likeness (QED) is 0.130. The number of urea groups is 1. The minimum Gasteiger partial charge on any atom is -0.352 e. The molecule has 0 heterocycles. The van der Waals surface area contributed by atoms with Crippen molar-refractivity contribution in [1.82, 2.24) is 16.1 Å². The van der Waals surface area contributed by atoms with E-state index in [1.54, 1.807) is 11.5 Å². The van der Waals surface area contributed by atoms with Crippen LogP contribution in [0.3, 0.4) is 0 Å². The molecule has 0 saturated heterocycles. The molecule has 4 amide bonds. The summed E-state index contributed by atoms with van der Waals surface area (Å²) in [4.78, 5) is 35.2. The Balaban J connectivity index is 1.84. The highest BCUT2D eigenvalue weighted by Gasteiger charge is 2.33. The second-order valence-corrected chi connectivity index (χ2v) is 7.94. The summed E-state index contributed by atoms with van der Waals surface area (Å²) in [5.41, 5.74) is -0.252. The van der Waals surface area contributed by atoms with Crippen molar-refractivity contribution in [1.29, 1.82) is 5.26 Å². The Labute approximate surface area is 209 Å². The zero-order valence-corrected chi connectivity index (χ0v) is 19.5. The lowest BCUT2D eigenvalue weighted by Crippen LogP contribution is -2.29. The molecular weight excluding hydrogens is 498 g/mol. The average Bonchev–Trinajstić information content (AvgIpc) is 2.87. The topological polar surface area (TPSA) is 143 Å². The summed E-state index contributed by atoms with van der Waals surface area (Å²) in [5.74, 6) is -1.91. The van der Waals surface area contributed by atoms with Gasteiger partial charge in [-0.2, -0.15) is 18.4 Å². The molecule has 0 aromatic heterocycles. The number of benzene rings is 2. The summed E-state index contributed by atoms with van der Waals surface area (Å²) >= 11 is 0. The van der Waals surface area contributed by atoms with E-state index >= 15 is 0 Å². The van der Waals surface area contributed by atoms with Gasteiger partial charge in [0.25, 0.3) is 5.91 Å². The molecule has 13 heteroatoms. The lowest BCUT2D eigenvalue weighted by molar-refractivity contribution is -0.138. The maximum absolute atomic E-state index is 14.4. The van der Waals surface area contributed by atoms with Crippen LogP contribution in [0.2, 0.25) is 0 Å². The summed E-state index contributed by atoms with van der Waals surface area (Å²) in [6, 6.07) is 6.94. The fourth-order valence-electron chi connectivity index (χ4n) is 3.29. The first-order chi connectivity index (χ1) is 17.5. The molecule has 2 rings (SSSR count). The van der Waals surface area contributed by atoms with Crippen LogP contribution < -0.4 is 21.4 Å². The minimum absolute atomic E-state index is 0.00970. The molecule has 2 aromatic carbocycles. The van der Waals surface area contributed by atoms with Gasteiger partial charge in [0.2, 0.25) is 5.91 Å². The number of rotatable bonds is 11. The molecule has 37 heavy (non-hydrogen) atoms. The van der Waals surface area contributed by atoms with Crippen molar-refractivity contribution in [2.45, 2.75) is 44.8 Å². The monoisotopic (exact) mass is 523 g/mol. The van der Waals surface area contributed by atoms with Gasteiger partial charge in [0.1, 0.15) is 5.82 Å².